The number of likely N-dealkylation sites (tertiary alicyclic amines) is 1. The molecular formula is C23H24BF3KN3O2. The van der Waals surface area contributed by atoms with Crippen LogP contribution in [0.1, 0.15) is 23.5 Å². The Hall–Kier alpha value is -1.59. The van der Waals surface area contributed by atoms with Crippen LogP contribution in [0.25, 0.3) is 5.69 Å². The number of benzene rings is 2. The Bertz CT molecular complexity index is 1020. The normalized spacial score (nSPS) is 18.5. The van der Waals surface area contributed by atoms with E-state index in [0.29, 0.717) is 0 Å². The van der Waals surface area contributed by atoms with E-state index in [1.807, 2.05) is 54.6 Å². The van der Waals surface area contributed by atoms with Crippen LogP contribution in [0.15, 0.2) is 73.1 Å². The molecule has 4 rings (SSSR count). The fourth-order valence-corrected chi connectivity index (χ4v) is 4.28. The molecule has 2 heterocycles. The quantitative estimate of drug-likeness (QED) is 0.509. The summed E-state index contributed by atoms with van der Waals surface area (Å²) in [4.78, 5) is 14.1. The van der Waals surface area contributed by atoms with Gasteiger partial charge in [0.25, 0.3) is 0 Å². The van der Waals surface area contributed by atoms with Crippen LogP contribution in [-0.2, 0) is 11.3 Å². The summed E-state index contributed by atoms with van der Waals surface area (Å²) in [6, 6.07) is 18.4. The molecule has 0 aliphatic carbocycles. The number of hydrogen-bond donors (Lipinski definition) is 0. The molecule has 10 heteroatoms. The summed E-state index contributed by atoms with van der Waals surface area (Å²) < 4.78 is 47.0. The van der Waals surface area contributed by atoms with E-state index in [-0.39, 0.29) is 77.5 Å². The van der Waals surface area contributed by atoms with Crippen molar-refractivity contribution in [3.8, 4) is 5.69 Å². The molecule has 1 aliphatic rings. The Morgan fingerprint density at radius 3 is 2.42 bits per heavy atom. The molecule has 1 amide bonds. The summed E-state index contributed by atoms with van der Waals surface area (Å²) in [6.45, 7) is -4.33. The third-order valence-electron chi connectivity index (χ3n) is 5.88. The molecule has 0 saturated carbocycles. The van der Waals surface area contributed by atoms with Crippen LogP contribution in [0.3, 0.4) is 0 Å². The first-order valence-corrected chi connectivity index (χ1v) is 10.7. The first-order chi connectivity index (χ1) is 15.4. The van der Waals surface area contributed by atoms with Crippen molar-refractivity contribution in [2.24, 2.45) is 5.92 Å². The van der Waals surface area contributed by atoms with Crippen molar-refractivity contribution in [2.75, 3.05) is 13.1 Å². The number of amides is 1. The fourth-order valence-electron chi connectivity index (χ4n) is 4.28. The fraction of sp³-hybridized carbons (Fsp3) is 0.304. The van der Waals surface area contributed by atoms with E-state index < -0.39 is 31.2 Å². The van der Waals surface area contributed by atoms with Gasteiger partial charge in [-0.25, -0.2) is 9.48 Å². The molecule has 0 radical (unpaired) electrons. The van der Waals surface area contributed by atoms with Gasteiger partial charge in [-0.3, -0.25) is 0 Å². The number of carbonyl (C=O) groups is 1. The third-order valence-corrected chi connectivity index (χ3v) is 5.88. The van der Waals surface area contributed by atoms with Gasteiger partial charge in [0.15, 0.2) is 0 Å². The number of rotatable bonds is 6. The molecule has 1 aromatic heterocycles. The monoisotopic (exact) mass is 481 g/mol. The average molecular weight is 481 g/mol. The zero-order chi connectivity index (χ0) is 22.6. The summed E-state index contributed by atoms with van der Waals surface area (Å²) in [6.07, 6.45) is 2.44. The molecule has 1 fully saturated rings. The van der Waals surface area contributed by atoms with Crippen LogP contribution in [0.4, 0.5) is 17.7 Å². The first-order valence-electron chi connectivity index (χ1n) is 10.7. The predicted molar refractivity (Wildman–Crippen MR) is 116 cm³/mol. The predicted octanol–water partition coefficient (Wildman–Crippen LogP) is 2.47. The number of halogens is 3. The number of aromatic nitrogens is 2. The first kappa shape index (κ1) is 26.0. The van der Waals surface area contributed by atoms with Crippen LogP contribution in [0.5, 0.6) is 0 Å². The Kier molecular flexibility index (Phi) is 9.23. The molecule has 3 aromatic rings. The van der Waals surface area contributed by atoms with Crippen molar-refractivity contribution in [1.29, 1.82) is 0 Å². The van der Waals surface area contributed by atoms with Gasteiger partial charge in [0.2, 0.25) is 0 Å². The van der Waals surface area contributed by atoms with Crippen LogP contribution < -0.4 is 51.4 Å². The zero-order valence-electron chi connectivity index (χ0n) is 18.5. The van der Waals surface area contributed by atoms with Crippen molar-refractivity contribution < 1.29 is 73.9 Å². The number of piperidine rings is 1. The maximum atomic E-state index is 13.3. The summed E-state index contributed by atoms with van der Waals surface area (Å²) in [7, 11) is 0. The van der Waals surface area contributed by atoms with E-state index in [1.54, 1.807) is 23.1 Å². The Morgan fingerprint density at radius 2 is 1.79 bits per heavy atom. The summed E-state index contributed by atoms with van der Waals surface area (Å²) >= 11 is 0. The van der Waals surface area contributed by atoms with Gasteiger partial charge in [-0.2, -0.15) is 5.10 Å². The molecule has 1 saturated heterocycles. The van der Waals surface area contributed by atoms with Crippen LogP contribution in [-0.4, -0.2) is 40.8 Å². The Labute approximate surface area is 233 Å². The zero-order valence-corrected chi connectivity index (χ0v) is 21.6. The topological polar surface area (TPSA) is 47.4 Å². The van der Waals surface area contributed by atoms with Gasteiger partial charge in [0.05, 0.1) is 5.69 Å². The second kappa shape index (κ2) is 11.7. The standard InChI is InChI=1S/C23H24BF3N3O2.K/c25-24(26,27)15-20-11-14-29(23(31)32-17-18-5-2-1-3-6-18)16-22(20)19-7-9-21(10-8-19)30-13-4-12-28-30;/h1-10,12-13,20,22H,11,14-17H2;/q-1;+1/t20-,22-;/m0./s1. The average Bonchev–Trinajstić information content (AvgIpc) is 3.33. The van der Waals surface area contributed by atoms with Crippen LogP contribution in [0, 0.1) is 5.92 Å². The molecule has 33 heavy (non-hydrogen) atoms. The SMILES string of the molecule is O=C(OCc1ccccc1)N1CC[C@@H](C[B-](F)(F)F)[C@H](c2ccc(-n3cccn3)cc2)C1.[K+]. The smallest absolute Gasteiger partial charge is 0.449 e. The molecule has 168 valence electrons. The van der Waals surface area contributed by atoms with Crippen molar-refractivity contribution in [3.63, 3.8) is 0 Å². The summed E-state index contributed by atoms with van der Waals surface area (Å²) in [5.74, 6) is -0.980. The van der Waals surface area contributed by atoms with Crippen LogP contribution >= 0.6 is 0 Å². The molecule has 2 aromatic carbocycles. The van der Waals surface area contributed by atoms with E-state index in [9.17, 15) is 17.7 Å². The summed E-state index contributed by atoms with van der Waals surface area (Å²) in [5.41, 5.74) is 2.47. The van der Waals surface area contributed by atoms with Gasteiger partial charge < -0.3 is 22.6 Å². The second-order valence-corrected chi connectivity index (χ2v) is 8.13. The van der Waals surface area contributed by atoms with Gasteiger partial charge in [-0.1, -0.05) is 54.7 Å². The number of hydrogen-bond acceptors (Lipinski definition) is 3. The maximum absolute atomic E-state index is 13.3. The molecule has 0 N–H and O–H groups in total. The number of carbonyl (C=O) groups excluding carboxylic acids is 1. The van der Waals surface area contributed by atoms with E-state index in [0.717, 1.165) is 16.8 Å². The third kappa shape index (κ3) is 7.19. The molecular weight excluding hydrogens is 457 g/mol. The van der Waals surface area contributed by atoms with E-state index in [2.05, 4.69) is 5.10 Å². The molecule has 0 unspecified atom stereocenters. The summed E-state index contributed by atoms with van der Waals surface area (Å²) in [5, 5.41) is 4.17. The minimum atomic E-state index is -4.92. The van der Waals surface area contributed by atoms with Gasteiger partial charge in [0, 0.05) is 31.4 Å². The van der Waals surface area contributed by atoms with Crippen molar-refractivity contribution in [2.45, 2.75) is 25.3 Å². The Morgan fingerprint density at radius 1 is 1.06 bits per heavy atom. The van der Waals surface area contributed by atoms with Gasteiger partial charge >= 0.3 is 64.5 Å². The van der Waals surface area contributed by atoms with Crippen molar-refractivity contribution in [3.05, 3.63) is 84.2 Å². The molecule has 5 nitrogen and oxygen atoms in total. The number of nitrogens with zero attached hydrogens (tertiary/aromatic N) is 3. The maximum Gasteiger partial charge on any atom is 1.00 e. The van der Waals surface area contributed by atoms with Gasteiger partial charge in [-0.05, 0) is 35.7 Å². The molecule has 0 bridgehead atoms. The molecule has 0 spiro atoms. The Balaban J connectivity index is 0.00000306. The van der Waals surface area contributed by atoms with E-state index >= 15 is 0 Å². The second-order valence-electron chi connectivity index (χ2n) is 8.13. The number of ether oxygens (including phenoxy) is 1. The largest absolute Gasteiger partial charge is 1.00 e. The van der Waals surface area contributed by atoms with Crippen molar-refractivity contribution >= 4 is 13.1 Å². The molecule has 2 atom stereocenters. The van der Waals surface area contributed by atoms with E-state index in [4.69, 9.17) is 4.74 Å². The van der Waals surface area contributed by atoms with Gasteiger partial charge in [0.1, 0.15) is 6.61 Å². The molecule has 1 aliphatic heterocycles. The van der Waals surface area contributed by atoms with Crippen LogP contribution in [0.2, 0.25) is 6.32 Å². The van der Waals surface area contributed by atoms with Crippen molar-refractivity contribution in [1.82, 2.24) is 14.7 Å². The van der Waals surface area contributed by atoms with E-state index in [1.165, 1.54) is 4.90 Å². The minimum absolute atomic E-state index is 0. The van der Waals surface area contributed by atoms with Gasteiger partial charge in [-0.15, -0.1) is 0 Å². The minimum Gasteiger partial charge on any atom is -0.449 e.